The van der Waals surface area contributed by atoms with Crippen LogP contribution in [0, 0.1) is 5.82 Å². The van der Waals surface area contributed by atoms with Crippen molar-refractivity contribution in [1.82, 2.24) is 25.0 Å². The molecule has 3 aromatic rings. The van der Waals surface area contributed by atoms with E-state index in [-0.39, 0.29) is 18.1 Å². The second-order valence-corrected chi connectivity index (χ2v) is 7.67. The fourth-order valence-corrected chi connectivity index (χ4v) is 3.99. The van der Waals surface area contributed by atoms with E-state index in [0.29, 0.717) is 31.0 Å². The number of aryl methyl sites for hydroxylation is 1. The van der Waals surface area contributed by atoms with Crippen LogP contribution in [0.1, 0.15) is 30.0 Å². The van der Waals surface area contributed by atoms with Crippen molar-refractivity contribution in [3.05, 3.63) is 59.7 Å². The molecule has 152 valence electrons. The molecular formula is C22H26FN5O. The summed E-state index contributed by atoms with van der Waals surface area (Å²) in [5.74, 6) is 0.0677. The van der Waals surface area contributed by atoms with E-state index >= 15 is 0 Å². The van der Waals surface area contributed by atoms with Crippen molar-refractivity contribution in [3.8, 4) is 0 Å². The molecule has 1 aliphatic rings. The first-order chi connectivity index (χ1) is 14.1. The SMILES string of the molecule is CN1CC[C@@H](c2nn(CCNC(=O)CCc3ccccc3F)c3ncccc23)C1. The summed E-state index contributed by atoms with van der Waals surface area (Å²) >= 11 is 0. The third-order valence-electron chi connectivity index (χ3n) is 5.54. The fourth-order valence-electron chi connectivity index (χ4n) is 3.99. The van der Waals surface area contributed by atoms with Gasteiger partial charge in [0.15, 0.2) is 5.65 Å². The molecule has 29 heavy (non-hydrogen) atoms. The number of aromatic nitrogens is 3. The topological polar surface area (TPSA) is 63.1 Å². The summed E-state index contributed by atoms with van der Waals surface area (Å²) < 4.78 is 15.6. The van der Waals surface area contributed by atoms with Gasteiger partial charge in [0, 0.05) is 37.0 Å². The van der Waals surface area contributed by atoms with Crippen LogP contribution in [0.3, 0.4) is 0 Å². The Hall–Kier alpha value is -2.80. The molecule has 1 aliphatic heterocycles. The minimum atomic E-state index is -0.264. The highest BCUT2D eigenvalue weighted by molar-refractivity contribution is 5.79. The standard InChI is InChI=1S/C22H26FN5O/c1-27-13-10-17(15-27)21-18-6-4-11-25-22(18)28(26-21)14-12-24-20(29)9-8-16-5-2-3-7-19(16)23/h2-7,11,17H,8-10,12-15H2,1H3,(H,24,29)/t17-/m1/s1. The third kappa shape index (κ3) is 4.45. The van der Waals surface area contributed by atoms with Gasteiger partial charge in [-0.1, -0.05) is 18.2 Å². The van der Waals surface area contributed by atoms with Gasteiger partial charge in [-0.05, 0) is 50.2 Å². The van der Waals surface area contributed by atoms with Gasteiger partial charge in [-0.25, -0.2) is 14.1 Å². The van der Waals surface area contributed by atoms with Crippen LogP contribution in [0.2, 0.25) is 0 Å². The first-order valence-corrected chi connectivity index (χ1v) is 10.1. The van der Waals surface area contributed by atoms with Crippen LogP contribution in [0.15, 0.2) is 42.6 Å². The number of halogens is 1. The Kier molecular flexibility index (Phi) is 5.85. The van der Waals surface area contributed by atoms with E-state index in [2.05, 4.69) is 28.3 Å². The van der Waals surface area contributed by atoms with Gasteiger partial charge >= 0.3 is 0 Å². The highest BCUT2D eigenvalue weighted by Crippen LogP contribution is 2.30. The van der Waals surface area contributed by atoms with E-state index in [9.17, 15) is 9.18 Å². The second-order valence-electron chi connectivity index (χ2n) is 7.67. The van der Waals surface area contributed by atoms with Gasteiger partial charge in [-0.2, -0.15) is 5.10 Å². The van der Waals surface area contributed by atoms with Crippen LogP contribution in [-0.4, -0.2) is 52.3 Å². The molecule has 6 nitrogen and oxygen atoms in total. The summed E-state index contributed by atoms with van der Waals surface area (Å²) in [5, 5.41) is 8.84. The van der Waals surface area contributed by atoms with E-state index in [1.807, 2.05) is 10.7 Å². The van der Waals surface area contributed by atoms with Crippen LogP contribution in [0.4, 0.5) is 4.39 Å². The van der Waals surface area contributed by atoms with Crippen LogP contribution >= 0.6 is 0 Å². The van der Waals surface area contributed by atoms with Gasteiger partial charge in [0.25, 0.3) is 0 Å². The van der Waals surface area contributed by atoms with E-state index in [1.165, 1.54) is 6.07 Å². The fraction of sp³-hybridized carbons (Fsp3) is 0.409. The number of pyridine rings is 1. The molecule has 0 aliphatic carbocycles. The molecule has 1 atom stereocenters. The number of benzene rings is 1. The van der Waals surface area contributed by atoms with E-state index in [0.717, 1.165) is 36.2 Å². The maximum absolute atomic E-state index is 13.7. The zero-order valence-corrected chi connectivity index (χ0v) is 16.6. The second kappa shape index (κ2) is 8.69. The average Bonchev–Trinajstić information content (AvgIpc) is 3.31. The van der Waals surface area contributed by atoms with Crippen LogP contribution < -0.4 is 5.32 Å². The molecule has 2 aromatic heterocycles. The molecule has 0 unspecified atom stereocenters. The number of nitrogens with zero attached hydrogens (tertiary/aromatic N) is 4. The molecule has 1 amide bonds. The monoisotopic (exact) mass is 395 g/mol. The Labute approximate surface area is 169 Å². The van der Waals surface area contributed by atoms with Crippen molar-refractivity contribution in [3.63, 3.8) is 0 Å². The summed E-state index contributed by atoms with van der Waals surface area (Å²) in [6.07, 6.45) is 3.53. The Morgan fingerprint density at radius 3 is 2.93 bits per heavy atom. The number of carbonyl (C=O) groups is 1. The molecule has 0 saturated carbocycles. The first-order valence-electron chi connectivity index (χ1n) is 10.1. The lowest BCUT2D eigenvalue weighted by atomic mass is 10.0. The molecule has 0 bridgehead atoms. The van der Waals surface area contributed by atoms with Crippen molar-refractivity contribution in [2.24, 2.45) is 0 Å². The molecule has 4 rings (SSSR count). The lowest BCUT2D eigenvalue weighted by Gasteiger charge is -2.08. The maximum Gasteiger partial charge on any atom is 0.220 e. The number of nitrogens with one attached hydrogen (secondary N) is 1. The molecule has 3 heterocycles. The predicted octanol–water partition coefficient (Wildman–Crippen LogP) is 2.74. The number of fused-ring (bicyclic) bond motifs is 1. The van der Waals surface area contributed by atoms with Gasteiger partial charge in [0.05, 0.1) is 12.2 Å². The normalized spacial score (nSPS) is 17.1. The quantitative estimate of drug-likeness (QED) is 0.668. The molecule has 0 radical (unpaired) electrons. The predicted molar refractivity (Wildman–Crippen MR) is 110 cm³/mol. The molecule has 1 saturated heterocycles. The lowest BCUT2D eigenvalue weighted by molar-refractivity contribution is -0.121. The summed E-state index contributed by atoms with van der Waals surface area (Å²) in [6.45, 7) is 3.11. The minimum absolute atomic E-state index is 0.0877. The van der Waals surface area contributed by atoms with Crippen molar-refractivity contribution in [2.45, 2.75) is 31.7 Å². The number of amides is 1. The van der Waals surface area contributed by atoms with E-state index in [1.54, 1.807) is 24.4 Å². The summed E-state index contributed by atoms with van der Waals surface area (Å²) in [5.41, 5.74) is 2.53. The number of likely N-dealkylation sites (N-methyl/N-ethyl adjacent to an activating group) is 1. The zero-order valence-electron chi connectivity index (χ0n) is 16.6. The van der Waals surface area contributed by atoms with Crippen LogP contribution in [-0.2, 0) is 17.8 Å². The molecular weight excluding hydrogens is 369 g/mol. The van der Waals surface area contributed by atoms with E-state index in [4.69, 9.17) is 5.10 Å². The van der Waals surface area contributed by atoms with Gasteiger partial charge in [0.1, 0.15) is 5.82 Å². The summed E-state index contributed by atoms with van der Waals surface area (Å²) in [4.78, 5) is 19.0. The van der Waals surface area contributed by atoms with Gasteiger partial charge in [0.2, 0.25) is 5.91 Å². The number of hydrogen-bond acceptors (Lipinski definition) is 4. The largest absolute Gasteiger partial charge is 0.354 e. The Morgan fingerprint density at radius 1 is 1.28 bits per heavy atom. The third-order valence-corrected chi connectivity index (χ3v) is 5.54. The smallest absolute Gasteiger partial charge is 0.220 e. The van der Waals surface area contributed by atoms with Gasteiger partial charge < -0.3 is 10.2 Å². The van der Waals surface area contributed by atoms with Gasteiger partial charge in [-0.15, -0.1) is 0 Å². The number of likely N-dealkylation sites (tertiary alicyclic amines) is 1. The number of rotatable bonds is 7. The van der Waals surface area contributed by atoms with Crippen molar-refractivity contribution >= 4 is 16.9 Å². The summed E-state index contributed by atoms with van der Waals surface area (Å²) in [7, 11) is 2.13. The van der Waals surface area contributed by atoms with Gasteiger partial charge in [-0.3, -0.25) is 4.79 Å². The zero-order chi connectivity index (χ0) is 20.2. The molecule has 1 N–H and O–H groups in total. The van der Waals surface area contributed by atoms with E-state index < -0.39 is 0 Å². The highest BCUT2D eigenvalue weighted by Gasteiger charge is 2.26. The molecule has 0 spiro atoms. The van der Waals surface area contributed by atoms with Crippen LogP contribution in [0.5, 0.6) is 0 Å². The molecule has 1 fully saturated rings. The van der Waals surface area contributed by atoms with Crippen molar-refractivity contribution in [1.29, 1.82) is 0 Å². The first kappa shape index (κ1) is 19.5. The van der Waals surface area contributed by atoms with Crippen molar-refractivity contribution in [2.75, 3.05) is 26.7 Å². The molecule has 7 heteroatoms. The number of hydrogen-bond donors (Lipinski definition) is 1. The van der Waals surface area contributed by atoms with Crippen LogP contribution in [0.25, 0.3) is 11.0 Å². The highest BCUT2D eigenvalue weighted by atomic mass is 19.1. The summed E-state index contributed by atoms with van der Waals surface area (Å²) in [6, 6.07) is 10.6. The van der Waals surface area contributed by atoms with Crippen molar-refractivity contribution < 1.29 is 9.18 Å². The lowest BCUT2D eigenvalue weighted by Crippen LogP contribution is -2.27. The molecule has 1 aromatic carbocycles. The Balaban J connectivity index is 1.36. The Bertz CT molecular complexity index is 1000. The average molecular weight is 395 g/mol. The minimum Gasteiger partial charge on any atom is -0.354 e. The Morgan fingerprint density at radius 2 is 2.14 bits per heavy atom. The number of carbonyl (C=O) groups excluding carboxylic acids is 1. The maximum atomic E-state index is 13.7.